The number of hydrogen-bond donors (Lipinski definition) is 0. The van der Waals surface area contributed by atoms with Crippen LogP contribution in [0.15, 0.2) is 40.8 Å². The molecule has 1 aromatic heterocycles. The molecule has 140 valence electrons. The fraction of sp³-hybridized carbons (Fsp3) is 0.300. The topological polar surface area (TPSA) is 55.6 Å². The summed E-state index contributed by atoms with van der Waals surface area (Å²) in [7, 11) is 2.05. The van der Waals surface area contributed by atoms with E-state index in [0.717, 1.165) is 19.4 Å². The van der Waals surface area contributed by atoms with Gasteiger partial charge in [-0.3, -0.25) is 0 Å². The number of benzene rings is 2. The molecule has 5 nitrogen and oxygen atoms in total. The van der Waals surface area contributed by atoms with Crippen molar-refractivity contribution in [1.29, 1.82) is 0 Å². The molecule has 7 heteroatoms. The van der Waals surface area contributed by atoms with E-state index in [1.165, 1.54) is 0 Å². The molecule has 2 heterocycles. The van der Waals surface area contributed by atoms with E-state index in [2.05, 4.69) is 16.9 Å². The summed E-state index contributed by atoms with van der Waals surface area (Å²) in [5.74, 6) is 0.0356. The number of aromatic nitrogens is 1. The third kappa shape index (κ3) is 3.95. The van der Waals surface area contributed by atoms with Gasteiger partial charge in [0.1, 0.15) is 12.1 Å². The second-order valence-corrected chi connectivity index (χ2v) is 7.61. The Morgan fingerprint density at radius 1 is 1.26 bits per heavy atom. The minimum Gasteiger partial charge on any atom is -0.460 e. The van der Waals surface area contributed by atoms with E-state index in [1.54, 1.807) is 36.4 Å². The first-order chi connectivity index (χ1) is 13.0. The van der Waals surface area contributed by atoms with Crippen molar-refractivity contribution < 1.29 is 13.9 Å². The molecule has 1 aliphatic rings. The highest BCUT2D eigenvalue weighted by atomic mass is 35.5. The van der Waals surface area contributed by atoms with Gasteiger partial charge < -0.3 is 14.1 Å². The SMILES string of the molecule is CN1CCCC1COC(=O)c1ccc2nc(-c3cc(Cl)cc(Cl)c3)oc2c1. The molecule has 4 rings (SSSR count). The zero-order valence-corrected chi connectivity index (χ0v) is 16.3. The highest BCUT2D eigenvalue weighted by molar-refractivity contribution is 6.35. The zero-order chi connectivity index (χ0) is 19.0. The van der Waals surface area contributed by atoms with Crippen molar-refractivity contribution in [3.05, 3.63) is 52.0 Å². The average molecular weight is 405 g/mol. The Kier molecular flexibility index (Phi) is 5.08. The van der Waals surface area contributed by atoms with Gasteiger partial charge in [-0.05, 0) is 62.8 Å². The van der Waals surface area contributed by atoms with Gasteiger partial charge >= 0.3 is 5.97 Å². The van der Waals surface area contributed by atoms with Gasteiger partial charge in [0.15, 0.2) is 5.58 Å². The number of nitrogens with zero attached hydrogens (tertiary/aromatic N) is 2. The number of ether oxygens (including phenoxy) is 1. The van der Waals surface area contributed by atoms with E-state index in [-0.39, 0.29) is 5.97 Å². The summed E-state index contributed by atoms with van der Waals surface area (Å²) in [5, 5.41) is 1.00. The van der Waals surface area contributed by atoms with Crippen molar-refractivity contribution in [1.82, 2.24) is 9.88 Å². The monoisotopic (exact) mass is 404 g/mol. The van der Waals surface area contributed by atoms with Crippen LogP contribution < -0.4 is 0 Å². The smallest absolute Gasteiger partial charge is 0.338 e. The normalized spacial score (nSPS) is 17.5. The number of halogens is 2. The highest BCUT2D eigenvalue weighted by Gasteiger charge is 2.23. The Morgan fingerprint density at radius 3 is 2.74 bits per heavy atom. The first-order valence-corrected chi connectivity index (χ1v) is 9.49. The summed E-state index contributed by atoms with van der Waals surface area (Å²) < 4.78 is 11.3. The number of likely N-dealkylation sites (N-methyl/N-ethyl adjacent to an activating group) is 1. The molecule has 1 saturated heterocycles. The van der Waals surface area contributed by atoms with Crippen molar-refractivity contribution in [2.24, 2.45) is 0 Å². The Morgan fingerprint density at radius 2 is 2.04 bits per heavy atom. The van der Waals surface area contributed by atoms with Gasteiger partial charge in [0, 0.05) is 21.7 Å². The molecule has 0 radical (unpaired) electrons. The fourth-order valence-corrected chi connectivity index (χ4v) is 3.82. The molecular formula is C20H18Cl2N2O3. The summed E-state index contributed by atoms with van der Waals surface area (Å²) in [6, 6.07) is 10.5. The summed E-state index contributed by atoms with van der Waals surface area (Å²) in [6.45, 7) is 1.44. The van der Waals surface area contributed by atoms with E-state index in [0.29, 0.717) is 50.8 Å². The molecule has 27 heavy (non-hydrogen) atoms. The Labute approximate surface area is 166 Å². The van der Waals surface area contributed by atoms with Crippen LogP contribution in [0.5, 0.6) is 0 Å². The van der Waals surface area contributed by atoms with E-state index in [4.69, 9.17) is 32.4 Å². The van der Waals surface area contributed by atoms with Gasteiger partial charge in [0.2, 0.25) is 5.89 Å². The minimum atomic E-state index is -0.360. The number of hydrogen-bond acceptors (Lipinski definition) is 5. The van der Waals surface area contributed by atoms with Crippen LogP contribution in [0.3, 0.4) is 0 Å². The minimum absolute atomic E-state index is 0.294. The number of carbonyl (C=O) groups excluding carboxylic acids is 1. The van der Waals surface area contributed by atoms with E-state index in [9.17, 15) is 4.79 Å². The van der Waals surface area contributed by atoms with Gasteiger partial charge in [-0.1, -0.05) is 23.2 Å². The van der Waals surface area contributed by atoms with Crippen LogP contribution in [0.25, 0.3) is 22.6 Å². The lowest BCUT2D eigenvalue weighted by atomic mass is 10.2. The third-order valence-corrected chi connectivity index (χ3v) is 5.25. The van der Waals surface area contributed by atoms with Crippen molar-refractivity contribution in [3.63, 3.8) is 0 Å². The highest BCUT2D eigenvalue weighted by Crippen LogP contribution is 2.29. The molecule has 0 spiro atoms. The molecule has 0 N–H and O–H groups in total. The number of likely N-dealkylation sites (tertiary alicyclic amines) is 1. The Hall–Kier alpha value is -2.08. The number of carbonyl (C=O) groups is 1. The Bertz CT molecular complexity index is 982. The second-order valence-electron chi connectivity index (χ2n) is 6.73. The molecule has 0 bridgehead atoms. The quantitative estimate of drug-likeness (QED) is 0.569. The van der Waals surface area contributed by atoms with Crippen LogP contribution >= 0.6 is 23.2 Å². The first kappa shape index (κ1) is 18.3. The number of rotatable bonds is 4. The average Bonchev–Trinajstić information content (AvgIpc) is 3.24. The zero-order valence-electron chi connectivity index (χ0n) is 14.7. The summed E-state index contributed by atoms with van der Waals surface area (Å²) in [6.07, 6.45) is 2.19. The standard InChI is InChI=1S/C20H18Cl2N2O3/c1-24-6-2-3-16(24)11-26-20(25)12-4-5-17-18(9-12)27-19(23-17)13-7-14(21)10-15(22)8-13/h4-5,7-10,16H,2-3,6,11H2,1H3. The van der Waals surface area contributed by atoms with Gasteiger partial charge in [-0.25, -0.2) is 9.78 Å². The molecule has 3 aromatic rings. The maximum atomic E-state index is 12.4. The molecule has 0 amide bonds. The molecule has 1 unspecified atom stereocenters. The van der Waals surface area contributed by atoms with E-state index >= 15 is 0 Å². The van der Waals surface area contributed by atoms with Crippen LogP contribution in [0.4, 0.5) is 0 Å². The summed E-state index contributed by atoms with van der Waals surface area (Å²) in [5.41, 5.74) is 2.27. The number of fused-ring (bicyclic) bond motifs is 1. The lowest BCUT2D eigenvalue weighted by Crippen LogP contribution is -2.30. The molecule has 0 aliphatic carbocycles. The van der Waals surface area contributed by atoms with Crippen molar-refractivity contribution in [3.8, 4) is 11.5 Å². The molecular weight excluding hydrogens is 387 g/mol. The largest absolute Gasteiger partial charge is 0.460 e. The molecule has 1 fully saturated rings. The summed E-state index contributed by atoms with van der Waals surface area (Å²) >= 11 is 12.1. The lowest BCUT2D eigenvalue weighted by Gasteiger charge is -2.18. The predicted octanol–water partition coefficient (Wildman–Crippen LogP) is 5.05. The molecule has 1 aliphatic heterocycles. The second kappa shape index (κ2) is 7.50. The van der Waals surface area contributed by atoms with Gasteiger partial charge in [-0.15, -0.1) is 0 Å². The van der Waals surface area contributed by atoms with Crippen LogP contribution in [0, 0.1) is 0 Å². The Balaban J connectivity index is 1.54. The maximum absolute atomic E-state index is 12.4. The number of esters is 1. The van der Waals surface area contributed by atoms with Crippen LogP contribution in [0.2, 0.25) is 10.0 Å². The third-order valence-electron chi connectivity index (χ3n) is 4.81. The van der Waals surface area contributed by atoms with Crippen molar-refractivity contribution in [2.45, 2.75) is 18.9 Å². The van der Waals surface area contributed by atoms with Crippen LogP contribution in [-0.2, 0) is 4.74 Å². The van der Waals surface area contributed by atoms with Gasteiger partial charge in [-0.2, -0.15) is 0 Å². The number of oxazole rings is 1. The molecule has 1 atom stereocenters. The van der Waals surface area contributed by atoms with E-state index < -0.39 is 0 Å². The first-order valence-electron chi connectivity index (χ1n) is 8.74. The molecule has 0 saturated carbocycles. The van der Waals surface area contributed by atoms with Gasteiger partial charge in [0.25, 0.3) is 0 Å². The molecule has 2 aromatic carbocycles. The summed E-state index contributed by atoms with van der Waals surface area (Å²) in [4.78, 5) is 19.0. The van der Waals surface area contributed by atoms with Gasteiger partial charge in [0.05, 0.1) is 5.56 Å². The van der Waals surface area contributed by atoms with Crippen LogP contribution in [-0.4, -0.2) is 42.1 Å². The van der Waals surface area contributed by atoms with Crippen molar-refractivity contribution in [2.75, 3.05) is 20.2 Å². The van der Waals surface area contributed by atoms with Crippen LogP contribution in [0.1, 0.15) is 23.2 Å². The van der Waals surface area contributed by atoms with E-state index in [1.807, 2.05) is 0 Å². The maximum Gasteiger partial charge on any atom is 0.338 e. The predicted molar refractivity (Wildman–Crippen MR) is 105 cm³/mol. The lowest BCUT2D eigenvalue weighted by molar-refractivity contribution is 0.0416. The van der Waals surface area contributed by atoms with Crippen molar-refractivity contribution >= 4 is 40.3 Å². The fourth-order valence-electron chi connectivity index (χ4n) is 3.30.